The highest BCUT2D eigenvalue weighted by Crippen LogP contribution is 2.23. The van der Waals surface area contributed by atoms with Crippen LogP contribution in [0.25, 0.3) is 0 Å². The van der Waals surface area contributed by atoms with Gasteiger partial charge in [-0.1, -0.05) is 19.3 Å². The minimum Gasteiger partial charge on any atom is -0.497 e. The minimum atomic E-state index is -0.0448. The number of nitrogens with zero attached hydrogens (tertiary/aromatic N) is 2. The zero-order valence-electron chi connectivity index (χ0n) is 16.2. The molecule has 1 aromatic rings. The molecule has 144 valence electrons. The van der Waals surface area contributed by atoms with Crippen LogP contribution in [-0.4, -0.2) is 56.7 Å². The number of hydrogen-bond acceptors (Lipinski definition) is 4. The van der Waals surface area contributed by atoms with Crippen molar-refractivity contribution in [2.45, 2.75) is 45.1 Å². The van der Waals surface area contributed by atoms with Crippen LogP contribution < -0.4 is 15.0 Å². The molecule has 0 spiro atoms. The molecule has 26 heavy (non-hydrogen) atoms. The second kappa shape index (κ2) is 9.26. The highest BCUT2D eigenvalue weighted by molar-refractivity contribution is 5.81. The molecular weight excluding hydrogens is 326 g/mol. The molecular formula is C21H33N3O2. The van der Waals surface area contributed by atoms with E-state index in [1.54, 1.807) is 7.11 Å². The highest BCUT2D eigenvalue weighted by atomic mass is 16.5. The fourth-order valence-corrected chi connectivity index (χ4v) is 4.11. The molecule has 3 rings (SSSR count). The second-order valence-electron chi connectivity index (χ2n) is 7.65. The molecule has 5 nitrogen and oxygen atoms in total. The van der Waals surface area contributed by atoms with E-state index in [0.29, 0.717) is 5.92 Å². The lowest BCUT2D eigenvalue weighted by atomic mass is 9.89. The summed E-state index contributed by atoms with van der Waals surface area (Å²) in [5.74, 6) is 1.76. The first-order valence-electron chi connectivity index (χ1n) is 10.1. The van der Waals surface area contributed by atoms with Crippen molar-refractivity contribution in [1.82, 2.24) is 10.2 Å². The van der Waals surface area contributed by atoms with Crippen LogP contribution in [-0.2, 0) is 4.79 Å². The Kier molecular flexibility index (Phi) is 6.78. The lowest BCUT2D eigenvalue weighted by molar-refractivity contribution is -0.126. The molecule has 2 fully saturated rings. The summed E-state index contributed by atoms with van der Waals surface area (Å²) in [6.45, 7) is 6.64. The van der Waals surface area contributed by atoms with E-state index in [0.717, 1.165) is 38.5 Å². The number of hydrogen-bond donors (Lipinski definition) is 1. The molecule has 1 N–H and O–H groups in total. The number of carbonyl (C=O) groups excluding carboxylic acids is 1. The van der Waals surface area contributed by atoms with Crippen LogP contribution in [0.1, 0.15) is 39.0 Å². The van der Waals surface area contributed by atoms with Crippen molar-refractivity contribution < 1.29 is 9.53 Å². The maximum atomic E-state index is 12.5. The molecule has 1 saturated heterocycles. The molecule has 1 aliphatic carbocycles. The van der Waals surface area contributed by atoms with Crippen molar-refractivity contribution >= 4 is 11.6 Å². The number of nitrogens with one attached hydrogen (secondary N) is 1. The Labute approximate surface area is 157 Å². The molecule has 1 saturated carbocycles. The summed E-state index contributed by atoms with van der Waals surface area (Å²) in [7, 11) is 1.69. The molecule has 1 heterocycles. The van der Waals surface area contributed by atoms with Gasteiger partial charge in [-0.15, -0.1) is 0 Å². The summed E-state index contributed by atoms with van der Waals surface area (Å²) in [6.07, 6.45) is 6.55. The third-order valence-corrected chi connectivity index (χ3v) is 5.97. The Hall–Kier alpha value is -1.75. The van der Waals surface area contributed by atoms with Gasteiger partial charge in [-0.3, -0.25) is 9.69 Å². The van der Waals surface area contributed by atoms with Crippen LogP contribution in [0.4, 0.5) is 5.69 Å². The number of piperazine rings is 1. The molecule has 0 bridgehead atoms. The zero-order valence-corrected chi connectivity index (χ0v) is 16.2. The fraction of sp³-hybridized carbons (Fsp3) is 0.667. The first-order valence-corrected chi connectivity index (χ1v) is 10.1. The molecule has 1 unspecified atom stereocenters. The van der Waals surface area contributed by atoms with E-state index in [1.807, 2.05) is 19.1 Å². The third kappa shape index (κ3) is 4.91. The molecule has 1 aromatic carbocycles. The monoisotopic (exact) mass is 359 g/mol. The van der Waals surface area contributed by atoms with Gasteiger partial charge in [0.25, 0.3) is 0 Å². The normalized spacial score (nSPS) is 20.6. The van der Waals surface area contributed by atoms with E-state index in [9.17, 15) is 4.79 Å². The first-order chi connectivity index (χ1) is 12.7. The predicted molar refractivity (Wildman–Crippen MR) is 106 cm³/mol. The Morgan fingerprint density at radius 3 is 2.38 bits per heavy atom. The van der Waals surface area contributed by atoms with Gasteiger partial charge in [0.1, 0.15) is 5.75 Å². The topological polar surface area (TPSA) is 44.8 Å². The van der Waals surface area contributed by atoms with Gasteiger partial charge in [-0.2, -0.15) is 0 Å². The summed E-state index contributed by atoms with van der Waals surface area (Å²) in [5.41, 5.74) is 1.22. The summed E-state index contributed by atoms with van der Waals surface area (Å²) >= 11 is 0. The van der Waals surface area contributed by atoms with Crippen LogP contribution >= 0.6 is 0 Å². The Bertz CT molecular complexity index is 561. The van der Waals surface area contributed by atoms with Gasteiger partial charge in [0.15, 0.2) is 0 Å². The van der Waals surface area contributed by atoms with E-state index in [1.165, 1.54) is 37.8 Å². The van der Waals surface area contributed by atoms with Gasteiger partial charge < -0.3 is 15.0 Å². The number of methoxy groups -OCH3 is 1. The van der Waals surface area contributed by atoms with Crippen molar-refractivity contribution in [2.75, 3.05) is 44.7 Å². The Morgan fingerprint density at radius 2 is 1.77 bits per heavy atom. The predicted octanol–water partition coefficient (Wildman–Crippen LogP) is 2.90. The van der Waals surface area contributed by atoms with Gasteiger partial charge in [0, 0.05) is 38.4 Å². The lowest BCUT2D eigenvalue weighted by Crippen LogP contribution is -2.54. The number of benzene rings is 1. The average Bonchev–Trinajstić information content (AvgIpc) is 2.72. The Morgan fingerprint density at radius 1 is 1.12 bits per heavy atom. The molecule has 1 atom stereocenters. The second-order valence-corrected chi connectivity index (χ2v) is 7.65. The van der Waals surface area contributed by atoms with Gasteiger partial charge in [-0.25, -0.2) is 0 Å². The fourth-order valence-electron chi connectivity index (χ4n) is 4.11. The summed E-state index contributed by atoms with van der Waals surface area (Å²) in [4.78, 5) is 17.2. The summed E-state index contributed by atoms with van der Waals surface area (Å²) in [5, 5.41) is 3.20. The Balaban J connectivity index is 1.43. The van der Waals surface area contributed by atoms with Crippen molar-refractivity contribution in [3.63, 3.8) is 0 Å². The van der Waals surface area contributed by atoms with Gasteiger partial charge in [0.05, 0.1) is 13.2 Å². The molecule has 0 aromatic heterocycles. The van der Waals surface area contributed by atoms with Crippen LogP contribution in [0.5, 0.6) is 5.75 Å². The number of anilines is 1. The number of carbonyl (C=O) groups is 1. The maximum absolute atomic E-state index is 12.5. The average molecular weight is 360 g/mol. The number of ether oxygens (including phenoxy) is 1. The quantitative estimate of drug-likeness (QED) is 0.848. The van der Waals surface area contributed by atoms with Gasteiger partial charge in [-0.05, 0) is 49.9 Å². The largest absolute Gasteiger partial charge is 0.497 e. The smallest absolute Gasteiger partial charge is 0.237 e. The van der Waals surface area contributed by atoms with Crippen LogP contribution in [0.15, 0.2) is 24.3 Å². The van der Waals surface area contributed by atoms with Crippen LogP contribution in [0.3, 0.4) is 0 Å². The minimum absolute atomic E-state index is 0.0448. The highest BCUT2D eigenvalue weighted by Gasteiger charge is 2.26. The number of rotatable bonds is 6. The SMILES string of the molecule is COc1ccc(N2CCN(C(C)C(=O)NCC3CCCCC3)CC2)cc1. The maximum Gasteiger partial charge on any atom is 0.237 e. The first kappa shape index (κ1) is 19.0. The standard InChI is InChI=1S/C21H33N3O2/c1-17(21(25)22-16-18-6-4-3-5-7-18)23-12-14-24(15-13-23)19-8-10-20(26-2)11-9-19/h8-11,17-18H,3-7,12-16H2,1-2H3,(H,22,25). The molecule has 1 aliphatic heterocycles. The van der Waals surface area contributed by atoms with Crippen LogP contribution in [0, 0.1) is 5.92 Å². The van der Waals surface area contributed by atoms with E-state index in [-0.39, 0.29) is 11.9 Å². The van der Waals surface area contributed by atoms with Crippen LogP contribution in [0.2, 0.25) is 0 Å². The van der Waals surface area contributed by atoms with E-state index >= 15 is 0 Å². The van der Waals surface area contributed by atoms with Gasteiger partial charge >= 0.3 is 0 Å². The molecule has 2 aliphatic rings. The van der Waals surface area contributed by atoms with Gasteiger partial charge in [0.2, 0.25) is 5.91 Å². The molecule has 5 heteroatoms. The molecule has 1 amide bonds. The van der Waals surface area contributed by atoms with Crippen molar-refractivity contribution in [3.8, 4) is 5.75 Å². The third-order valence-electron chi connectivity index (χ3n) is 5.97. The van der Waals surface area contributed by atoms with E-state index in [4.69, 9.17) is 4.74 Å². The number of amides is 1. The zero-order chi connectivity index (χ0) is 18.4. The summed E-state index contributed by atoms with van der Waals surface area (Å²) < 4.78 is 5.23. The van der Waals surface area contributed by atoms with E-state index in [2.05, 4.69) is 27.2 Å². The van der Waals surface area contributed by atoms with Crippen molar-refractivity contribution in [1.29, 1.82) is 0 Å². The van der Waals surface area contributed by atoms with E-state index < -0.39 is 0 Å². The lowest BCUT2D eigenvalue weighted by Gasteiger charge is -2.38. The summed E-state index contributed by atoms with van der Waals surface area (Å²) in [6, 6.07) is 8.17. The van der Waals surface area contributed by atoms with Crippen molar-refractivity contribution in [3.05, 3.63) is 24.3 Å². The van der Waals surface area contributed by atoms with Crippen molar-refractivity contribution in [2.24, 2.45) is 5.92 Å². The molecule has 0 radical (unpaired) electrons.